The number of ether oxygens (including phenoxy) is 1. The molecule has 6 heteroatoms. The quantitative estimate of drug-likeness (QED) is 0.786. The number of carbonyl (C=O) groups is 1. The van der Waals surface area contributed by atoms with Crippen molar-refractivity contribution in [3.63, 3.8) is 0 Å². The normalized spacial score (nSPS) is 29.8. The Hall–Kier alpha value is -1.40. The Balaban J connectivity index is 1.42. The Kier molecular flexibility index (Phi) is 4.58. The molecular weight excluding hydrogens is 316 g/mol. The molecule has 2 atom stereocenters. The molecule has 1 spiro atoms. The minimum absolute atomic E-state index is 0.0741. The van der Waals surface area contributed by atoms with E-state index in [0.717, 1.165) is 58.3 Å². The van der Waals surface area contributed by atoms with Gasteiger partial charge < -0.3 is 14.5 Å². The molecule has 0 unspecified atom stereocenters. The van der Waals surface area contributed by atoms with Crippen LogP contribution in [-0.4, -0.2) is 71.4 Å². The third kappa shape index (κ3) is 3.47. The van der Waals surface area contributed by atoms with Crippen molar-refractivity contribution in [1.29, 1.82) is 0 Å². The first-order valence-corrected chi connectivity index (χ1v) is 9.68. The lowest BCUT2D eigenvalue weighted by atomic mass is 9.77. The number of carbonyl (C=O) groups excluding carboxylic acids is 1. The number of aromatic nitrogens is 2. The Bertz CT molecular complexity index is 627. The summed E-state index contributed by atoms with van der Waals surface area (Å²) in [6.07, 6.45) is 5.59. The van der Waals surface area contributed by atoms with Gasteiger partial charge in [-0.1, -0.05) is 6.92 Å². The lowest BCUT2D eigenvalue weighted by molar-refractivity contribution is 0.0528. The maximum atomic E-state index is 12.8. The number of likely N-dealkylation sites (tertiary alicyclic amines) is 2. The lowest BCUT2D eigenvalue weighted by Gasteiger charge is -2.30. The van der Waals surface area contributed by atoms with E-state index in [-0.39, 0.29) is 11.3 Å². The van der Waals surface area contributed by atoms with Crippen molar-refractivity contribution in [3.8, 4) is 0 Å². The zero-order valence-electron chi connectivity index (χ0n) is 15.5. The Labute approximate surface area is 150 Å². The summed E-state index contributed by atoms with van der Waals surface area (Å²) in [5.74, 6) is 1.42. The van der Waals surface area contributed by atoms with Gasteiger partial charge in [0.1, 0.15) is 5.69 Å². The van der Waals surface area contributed by atoms with Crippen LogP contribution < -0.4 is 0 Å². The summed E-state index contributed by atoms with van der Waals surface area (Å²) in [5, 5.41) is 4.29. The van der Waals surface area contributed by atoms with E-state index < -0.39 is 0 Å². The highest BCUT2D eigenvalue weighted by atomic mass is 16.5. The van der Waals surface area contributed by atoms with Crippen molar-refractivity contribution in [1.82, 2.24) is 19.6 Å². The summed E-state index contributed by atoms with van der Waals surface area (Å²) in [4.78, 5) is 17.3. The lowest BCUT2D eigenvalue weighted by Crippen LogP contribution is -2.38. The molecule has 1 aromatic heterocycles. The molecule has 0 aromatic carbocycles. The van der Waals surface area contributed by atoms with Gasteiger partial charge in [0.25, 0.3) is 5.91 Å². The number of hydrogen-bond acceptors (Lipinski definition) is 4. The van der Waals surface area contributed by atoms with Crippen molar-refractivity contribution in [2.24, 2.45) is 24.3 Å². The average Bonchev–Trinajstić information content (AvgIpc) is 3.03. The number of aryl methyl sites for hydroxylation is 1. The highest BCUT2D eigenvalue weighted by molar-refractivity contribution is 5.92. The molecule has 3 heterocycles. The molecule has 4 rings (SSSR count). The first-order valence-electron chi connectivity index (χ1n) is 9.68. The molecule has 25 heavy (non-hydrogen) atoms. The second kappa shape index (κ2) is 6.72. The van der Waals surface area contributed by atoms with E-state index in [0.29, 0.717) is 11.6 Å². The number of amides is 1. The third-order valence-electron chi connectivity index (χ3n) is 6.31. The standard InChI is InChI=1S/C19H30N4O2/c1-3-22-10-16(12-25-11-15-4-5-15)19(13-22)7-9-23(14-19)18(24)17-6-8-21(2)20-17/h6,8,15-16H,3-5,7,9-14H2,1-2H3/t16-,19-/m1/s1. The Morgan fingerprint density at radius 1 is 1.36 bits per heavy atom. The van der Waals surface area contributed by atoms with Crippen LogP contribution in [0.1, 0.15) is 36.7 Å². The Morgan fingerprint density at radius 2 is 2.20 bits per heavy atom. The summed E-state index contributed by atoms with van der Waals surface area (Å²) < 4.78 is 7.76. The van der Waals surface area contributed by atoms with Gasteiger partial charge in [-0.25, -0.2) is 0 Å². The highest BCUT2D eigenvalue weighted by Crippen LogP contribution is 2.44. The molecule has 1 saturated carbocycles. The van der Waals surface area contributed by atoms with Crippen LogP contribution in [0.15, 0.2) is 12.3 Å². The van der Waals surface area contributed by atoms with E-state index in [9.17, 15) is 4.79 Å². The van der Waals surface area contributed by atoms with E-state index in [1.165, 1.54) is 12.8 Å². The maximum Gasteiger partial charge on any atom is 0.274 e. The summed E-state index contributed by atoms with van der Waals surface area (Å²) in [6.45, 7) is 8.96. The second-order valence-electron chi connectivity index (χ2n) is 8.22. The van der Waals surface area contributed by atoms with E-state index in [4.69, 9.17) is 4.74 Å². The monoisotopic (exact) mass is 346 g/mol. The number of hydrogen-bond donors (Lipinski definition) is 0. The number of rotatable bonds is 6. The van der Waals surface area contributed by atoms with Crippen molar-refractivity contribution in [2.75, 3.05) is 45.9 Å². The summed E-state index contributed by atoms with van der Waals surface area (Å²) in [6, 6.07) is 1.82. The SMILES string of the molecule is CCN1C[C@H](COCC2CC2)[C@]2(CCN(C(=O)c3ccn(C)n3)C2)C1. The molecule has 2 saturated heterocycles. The van der Waals surface area contributed by atoms with E-state index in [1.54, 1.807) is 4.68 Å². The van der Waals surface area contributed by atoms with E-state index in [2.05, 4.69) is 16.9 Å². The van der Waals surface area contributed by atoms with Crippen LogP contribution >= 0.6 is 0 Å². The van der Waals surface area contributed by atoms with E-state index >= 15 is 0 Å². The molecule has 1 amide bonds. The molecule has 0 N–H and O–H groups in total. The van der Waals surface area contributed by atoms with Gasteiger partial charge in [-0.3, -0.25) is 9.48 Å². The topological polar surface area (TPSA) is 50.6 Å². The summed E-state index contributed by atoms with van der Waals surface area (Å²) >= 11 is 0. The molecular formula is C19H30N4O2. The van der Waals surface area contributed by atoms with Gasteiger partial charge in [-0.05, 0) is 37.8 Å². The Morgan fingerprint density at radius 3 is 2.88 bits per heavy atom. The van der Waals surface area contributed by atoms with Crippen LogP contribution in [0.4, 0.5) is 0 Å². The van der Waals surface area contributed by atoms with Gasteiger partial charge in [-0.15, -0.1) is 0 Å². The summed E-state index contributed by atoms with van der Waals surface area (Å²) in [7, 11) is 1.85. The molecule has 0 bridgehead atoms. The van der Waals surface area contributed by atoms with Crippen molar-refractivity contribution >= 4 is 5.91 Å². The maximum absolute atomic E-state index is 12.8. The zero-order chi connectivity index (χ0) is 17.4. The fourth-order valence-electron chi connectivity index (χ4n) is 4.50. The van der Waals surface area contributed by atoms with Crippen LogP contribution in [-0.2, 0) is 11.8 Å². The molecule has 1 aromatic rings. The van der Waals surface area contributed by atoms with Crippen LogP contribution in [0.3, 0.4) is 0 Å². The molecule has 0 radical (unpaired) electrons. The highest BCUT2D eigenvalue weighted by Gasteiger charge is 2.51. The van der Waals surface area contributed by atoms with E-state index in [1.807, 2.05) is 24.2 Å². The van der Waals surface area contributed by atoms with Gasteiger partial charge in [0, 0.05) is 57.4 Å². The van der Waals surface area contributed by atoms with Gasteiger partial charge in [0.15, 0.2) is 0 Å². The van der Waals surface area contributed by atoms with Crippen molar-refractivity contribution in [2.45, 2.75) is 26.2 Å². The van der Waals surface area contributed by atoms with Crippen molar-refractivity contribution < 1.29 is 9.53 Å². The van der Waals surface area contributed by atoms with Crippen LogP contribution in [0, 0.1) is 17.3 Å². The molecule has 3 fully saturated rings. The first kappa shape index (κ1) is 17.0. The number of nitrogens with zero attached hydrogens (tertiary/aromatic N) is 4. The average molecular weight is 346 g/mol. The fraction of sp³-hybridized carbons (Fsp3) is 0.789. The molecule has 6 nitrogen and oxygen atoms in total. The summed E-state index contributed by atoms with van der Waals surface area (Å²) in [5.41, 5.74) is 0.760. The van der Waals surface area contributed by atoms with Gasteiger partial charge >= 0.3 is 0 Å². The minimum atomic E-state index is 0.0741. The predicted octanol–water partition coefficient (Wildman–Crippen LogP) is 1.63. The van der Waals surface area contributed by atoms with Crippen LogP contribution in [0.5, 0.6) is 0 Å². The molecule has 138 valence electrons. The zero-order valence-corrected chi connectivity index (χ0v) is 15.5. The second-order valence-corrected chi connectivity index (χ2v) is 8.22. The molecule has 2 aliphatic heterocycles. The molecule has 3 aliphatic rings. The van der Waals surface area contributed by atoms with Crippen LogP contribution in [0.2, 0.25) is 0 Å². The van der Waals surface area contributed by atoms with Crippen LogP contribution in [0.25, 0.3) is 0 Å². The smallest absolute Gasteiger partial charge is 0.274 e. The molecule has 1 aliphatic carbocycles. The van der Waals surface area contributed by atoms with Gasteiger partial charge in [0.2, 0.25) is 0 Å². The van der Waals surface area contributed by atoms with Gasteiger partial charge in [-0.2, -0.15) is 5.10 Å². The van der Waals surface area contributed by atoms with Crippen molar-refractivity contribution in [3.05, 3.63) is 18.0 Å². The van der Waals surface area contributed by atoms with Gasteiger partial charge in [0.05, 0.1) is 6.61 Å². The largest absolute Gasteiger partial charge is 0.381 e. The predicted molar refractivity (Wildman–Crippen MR) is 95.3 cm³/mol. The first-order chi connectivity index (χ1) is 12.1. The third-order valence-corrected chi connectivity index (χ3v) is 6.31. The minimum Gasteiger partial charge on any atom is -0.381 e. The fourth-order valence-corrected chi connectivity index (χ4v) is 4.50.